The molecule has 0 amide bonds. The van der Waals surface area contributed by atoms with Crippen molar-refractivity contribution in [2.45, 2.75) is 12.3 Å². The van der Waals surface area contributed by atoms with Crippen LogP contribution < -0.4 is 5.73 Å². The quantitative estimate of drug-likeness (QED) is 0.808. The van der Waals surface area contributed by atoms with Gasteiger partial charge in [-0.15, -0.1) is 0 Å². The van der Waals surface area contributed by atoms with E-state index in [2.05, 4.69) is 22.3 Å². The Kier molecular flexibility index (Phi) is 2.74. The van der Waals surface area contributed by atoms with Gasteiger partial charge in [-0.1, -0.05) is 6.07 Å². The molecule has 0 radical (unpaired) electrons. The van der Waals surface area contributed by atoms with E-state index in [4.69, 9.17) is 5.73 Å². The van der Waals surface area contributed by atoms with E-state index in [-0.39, 0.29) is 0 Å². The summed E-state index contributed by atoms with van der Waals surface area (Å²) in [5, 5.41) is 0. The Morgan fingerprint density at radius 1 is 1.50 bits per heavy atom. The fourth-order valence-corrected chi connectivity index (χ4v) is 1.85. The fraction of sp³-hybridized carbons (Fsp3) is 0.300. The van der Waals surface area contributed by atoms with Crippen LogP contribution in [0.25, 0.3) is 11.0 Å². The number of nitrogens with two attached hydrogens (primary N) is 1. The molecule has 0 aliphatic rings. The van der Waals surface area contributed by atoms with Crippen molar-refractivity contribution in [2.75, 3.05) is 6.26 Å². The number of hydrogen-bond donors (Lipinski definition) is 2. The molecule has 3 N–H and O–H groups in total. The van der Waals surface area contributed by atoms with Crippen LogP contribution in [0.15, 0.2) is 18.2 Å². The number of hydrogen-bond acceptors (Lipinski definition) is 3. The molecule has 2 rings (SSSR count). The number of fused-ring (bicyclic) bond motifs is 1. The molecule has 0 saturated heterocycles. The number of aromatic amines is 1. The minimum absolute atomic E-state index is 0.576. The highest BCUT2D eigenvalue weighted by atomic mass is 32.2. The number of thioether (sulfide) groups is 1. The molecule has 1 heterocycles. The second kappa shape index (κ2) is 4.02. The lowest BCUT2D eigenvalue weighted by molar-refractivity contribution is 1.07. The number of aromatic nitrogens is 2. The Balaban J connectivity index is 2.43. The van der Waals surface area contributed by atoms with Crippen LogP contribution >= 0.6 is 11.8 Å². The van der Waals surface area contributed by atoms with Gasteiger partial charge in [0.2, 0.25) is 0 Å². The number of nitrogens with zero attached hydrogens (tertiary/aromatic N) is 1. The van der Waals surface area contributed by atoms with Crippen molar-refractivity contribution in [2.24, 2.45) is 5.73 Å². The third-order valence-corrected chi connectivity index (χ3v) is 2.67. The zero-order valence-electron chi connectivity index (χ0n) is 8.08. The van der Waals surface area contributed by atoms with Crippen LogP contribution in [0.3, 0.4) is 0 Å². The minimum Gasteiger partial charge on any atom is -0.341 e. The summed E-state index contributed by atoms with van der Waals surface area (Å²) >= 11 is 1.76. The largest absolute Gasteiger partial charge is 0.341 e. The van der Waals surface area contributed by atoms with Crippen molar-refractivity contribution in [3.63, 3.8) is 0 Å². The highest BCUT2D eigenvalue weighted by Crippen LogP contribution is 2.15. The van der Waals surface area contributed by atoms with Gasteiger partial charge in [0.25, 0.3) is 0 Å². The van der Waals surface area contributed by atoms with E-state index in [0.717, 1.165) is 28.2 Å². The van der Waals surface area contributed by atoms with Crippen molar-refractivity contribution in [3.8, 4) is 0 Å². The topological polar surface area (TPSA) is 54.7 Å². The summed E-state index contributed by atoms with van der Waals surface area (Å²) in [6, 6.07) is 6.09. The first-order valence-corrected chi connectivity index (χ1v) is 5.89. The van der Waals surface area contributed by atoms with Gasteiger partial charge in [0, 0.05) is 6.54 Å². The second-order valence-electron chi connectivity index (χ2n) is 3.17. The molecule has 1 aromatic heterocycles. The molecule has 0 aliphatic heterocycles. The third-order valence-electron chi connectivity index (χ3n) is 2.11. The summed E-state index contributed by atoms with van der Waals surface area (Å²) in [5.41, 5.74) is 8.80. The van der Waals surface area contributed by atoms with E-state index in [9.17, 15) is 0 Å². The van der Waals surface area contributed by atoms with Crippen LogP contribution in [-0.2, 0) is 12.3 Å². The molecule has 0 unspecified atom stereocenters. The lowest BCUT2D eigenvalue weighted by atomic mass is 10.2. The van der Waals surface area contributed by atoms with Crippen LogP contribution in [0.1, 0.15) is 11.4 Å². The van der Waals surface area contributed by atoms with Gasteiger partial charge in [0.15, 0.2) is 0 Å². The molecule has 0 saturated carbocycles. The van der Waals surface area contributed by atoms with Crippen molar-refractivity contribution in [1.82, 2.24) is 9.97 Å². The van der Waals surface area contributed by atoms with E-state index in [0.29, 0.717) is 6.54 Å². The van der Waals surface area contributed by atoms with Crippen LogP contribution in [-0.4, -0.2) is 16.2 Å². The highest BCUT2D eigenvalue weighted by Gasteiger charge is 2.02. The predicted octanol–water partition coefficient (Wildman–Crippen LogP) is 1.88. The SMILES string of the molecule is CSCc1nc2ccc(CN)cc2[nH]1. The Morgan fingerprint density at radius 3 is 3.07 bits per heavy atom. The van der Waals surface area contributed by atoms with Crippen LogP contribution in [0, 0.1) is 0 Å². The van der Waals surface area contributed by atoms with Gasteiger partial charge in [-0.2, -0.15) is 11.8 Å². The molecule has 0 atom stereocenters. The average Bonchev–Trinajstić information content (AvgIpc) is 2.59. The van der Waals surface area contributed by atoms with Crippen molar-refractivity contribution >= 4 is 22.8 Å². The predicted molar refractivity (Wildman–Crippen MR) is 61.2 cm³/mol. The molecule has 4 heteroatoms. The normalized spacial score (nSPS) is 11.0. The monoisotopic (exact) mass is 207 g/mol. The standard InChI is InChI=1S/C10H13N3S/c1-14-6-10-12-8-3-2-7(5-11)4-9(8)13-10/h2-4H,5-6,11H2,1H3,(H,12,13). The van der Waals surface area contributed by atoms with Gasteiger partial charge in [0.05, 0.1) is 16.8 Å². The molecule has 74 valence electrons. The fourth-order valence-electron chi connectivity index (χ4n) is 1.44. The number of nitrogens with one attached hydrogen (secondary N) is 1. The van der Waals surface area contributed by atoms with Crippen LogP contribution in [0.5, 0.6) is 0 Å². The first-order chi connectivity index (χ1) is 6.83. The smallest absolute Gasteiger partial charge is 0.117 e. The van der Waals surface area contributed by atoms with Gasteiger partial charge in [-0.3, -0.25) is 0 Å². The van der Waals surface area contributed by atoms with Gasteiger partial charge in [-0.25, -0.2) is 4.98 Å². The van der Waals surface area contributed by atoms with Gasteiger partial charge in [-0.05, 0) is 24.0 Å². The van der Waals surface area contributed by atoms with E-state index in [1.807, 2.05) is 12.1 Å². The van der Waals surface area contributed by atoms with Gasteiger partial charge >= 0.3 is 0 Å². The summed E-state index contributed by atoms with van der Waals surface area (Å²) in [4.78, 5) is 7.74. The van der Waals surface area contributed by atoms with E-state index in [1.165, 1.54) is 0 Å². The summed E-state index contributed by atoms with van der Waals surface area (Å²) in [7, 11) is 0. The van der Waals surface area contributed by atoms with E-state index < -0.39 is 0 Å². The molecule has 14 heavy (non-hydrogen) atoms. The summed E-state index contributed by atoms with van der Waals surface area (Å²) in [6.07, 6.45) is 2.07. The lowest BCUT2D eigenvalue weighted by Gasteiger charge is -1.94. The number of benzene rings is 1. The Morgan fingerprint density at radius 2 is 2.36 bits per heavy atom. The molecule has 3 nitrogen and oxygen atoms in total. The molecule has 0 aliphatic carbocycles. The maximum absolute atomic E-state index is 5.57. The van der Waals surface area contributed by atoms with Crippen molar-refractivity contribution < 1.29 is 0 Å². The summed E-state index contributed by atoms with van der Waals surface area (Å²) < 4.78 is 0. The molecule has 0 bridgehead atoms. The summed E-state index contributed by atoms with van der Waals surface area (Å²) in [5.74, 6) is 1.95. The maximum Gasteiger partial charge on any atom is 0.117 e. The second-order valence-corrected chi connectivity index (χ2v) is 4.04. The molecular weight excluding hydrogens is 194 g/mol. The number of imidazole rings is 1. The average molecular weight is 207 g/mol. The minimum atomic E-state index is 0.576. The van der Waals surface area contributed by atoms with E-state index >= 15 is 0 Å². The summed E-state index contributed by atoms with van der Waals surface area (Å²) in [6.45, 7) is 0.576. The Hall–Kier alpha value is -1.00. The van der Waals surface area contributed by atoms with Gasteiger partial charge in [0.1, 0.15) is 5.82 Å². The molecule has 2 aromatic rings. The first kappa shape index (κ1) is 9.55. The third kappa shape index (κ3) is 1.76. The molecule has 1 aromatic carbocycles. The molecule has 0 spiro atoms. The first-order valence-electron chi connectivity index (χ1n) is 4.50. The number of H-pyrrole nitrogens is 1. The Bertz CT molecular complexity index is 436. The van der Waals surface area contributed by atoms with Crippen molar-refractivity contribution in [1.29, 1.82) is 0 Å². The lowest BCUT2D eigenvalue weighted by Crippen LogP contribution is -1.95. The van der Waals surface area contributed by atoms with Crippen molar-refractivity contribution in [3.05, 3.63) is 29.6 Å². The molecule has 0 fully saturated rings. The van der Waals surface area contributed by atoms with Crippen LogP contribution in [0.4, 0.5) is 0 Å². The zero-order chi connectivity index (χ0) is 9.97. The van der Waals surface area contributed by atoms with E-state index in [1.54, 1.807) is 11.8 Å². The van der Waals surface area contributed by atoms with Gasteiger partial charge < -0.3 is 10.7 Å². The van der Waals surface area contributed by atoms with Crippen LogP contribution in [0.2, 0.25) is 0 Å². The highest BCUT2D eigenvalue weighted by molar-refractivity contribution is 7.97. The molecular formula is C10H13N3S. The Labute approximate surface area is 87.1 Å². The maximum atomic E-state index is 5.57. The number of rotatable bonds is 3. The zero-order valence-corrected chi connectivity index (χ0v) is 8.90.